The van der Waals surface area contributed by atoms with E-state index in [0.29, 0.717) is 6.54 Å². The van der Waals surface area contributed by atoms with Crippen LogP contribution in [0.15, 0.2) is 24.3 Å². The van der Waals surface area contributed by atoms with E-state index < -0.39 is 0 Å². The van der Waals surface area contributed by atoms with Crippen LogP contribution in [-0.2, 0) is 11.3 Å². The number of unbranched alkanes of at least 4 members (excludes halogenated alkanes) is 1. The molecule has 1 saturated carbocycles. The summed E-state index contributed by atoms with van der Waals surface area (Å²) in [5, 5.41) is 3.06. The number of hydrogen-bond donors (Lipinski definition) is 2. The van der Waals surface area contributed by atoms with Gasteiger partial charge in [-0.15, -0.1) is 0 Å². The molecule has 0 unspecified atom stereocenters. The van der Waals surface area contributed by atoms with Crippen molar-refractivity contribution in [2.45, 2.75) is 58.4 Å². The molecule has 0 bridgehead atoms. The van der Waals surface area contributed by atoms with Crippen molar-refractivity contribution < 1.29 is 4.79 Å². The van der Waals surface area contributed by atoms with Gasteiger partial charge in [-0.05, 0) is 49.3 Å². The molecule has 1 aromatic carbocycles. The van der Waals surface area contributed by atoms with Crippen LogP contribution < -0.4 is 11.1 Å². The minimum atomic E-state index is 0.212. The maximum absolute atomic E-state index is 12.2. The Morgan fingerprint density at radius 3 is 2.71 bits per heavy atom. The van der Waals surface area contributed by atoms with Crippen molar-refractivity contribution in [2.75, 3.05) is 5.73 Å². The van der Waals surface area contributed by atoms with Crippen LogP contribution in [0.3, 0.4) is 0 Å². The number of hydrogen-bond acceptors (Lipinski definition) is 2. The molecule has 1 aliphatic rings. The lowest BCUT2D eigenvalue weighted by atomic mass is 9.79. The van der Waals surface area contributed by atoms with Gasteiger partial charge in [0.2, 0.25) is 5.91 Å². The Labute approximate surface area is 128 Å². The molecule has 1 amide bonds. The van der Waals surface area contributed by atoms with Gasteiger partial charge in [-0.3, -0.25) is 4.79 Å². The second kappa shape index (κ2) is 8.06. The predicted molar refractivity (Wildman–Crippen MR) is 87.7 cm³/mol. The summed E-state index contributed by atoms with van der Waals surface area (Å²) >= 11 is 0. The van der Waals surface area contributed by atoms with E-state index in [-0.39, 0.29) is 11.8 Å². The largest absolute Gasteiger partial charge is 0.399 e. The molecule has 0 atom stereocenters. The van der Waals surface area contributed by atoms with E-state index >= 15 is 0 Å². The van der Waals surface area contributed by atoms with Gasteiger partial charge in [0.25, 0.3) is 0 Å². The SMILES string of the molecule is CCCCC1CCC(C(=O)NCc2cccc(N)c2)CC1. The number of nitrogen functional groups attached to an aromatic ring is 1. The summed E-state index contributed by atoms with van der Waals surface area (Å²) in [6.45, 7) is 2.83. The molecule has 0 saturated heterocycles. The summed E-state index contributed by atoms with van der Waals surface area (Å²) in [6, 6.07) is 7.71. The van der Waals surface area contributed by atoms with E-state index in [1.54, 1.807) is 0 Å². The van der Waals surface area contributed by atoms with Crippen LogP contribution in [0, 0.1) is 11.8 Å². The molecule has 0 spiro atoms. The molecule has 0 aliphatic heterocycles. The Hall–Kier alpha value is -1.51. The fourth-order valence-corrected chi connectivity index (χ4v) is 3.24. The number of amides is 1. The maximum atomic E-state index is 12.2. The van der Waals surface area contributed by atoms with Gasteiger partial charge in [-0.2, -0.15) is 0 Å². The molecule has 1 aliphatic carbocycles. The number of carbonyl (C=O) groups excluding carboxylic acids is 1. The average Bonchev–Trinajstić information content (AvgIpc) is 2.51. The van der Waals surface area contributed by atoms with Crippen LogP contribution >= 0.6 is 0 Å². The predicted octanol–water partition coefficient (Wildman–Crippen LogP) is 3.88. The van der Waals surface area contributed by atoms with Crippen molar-refractivity contribution in [2.24, 2.45) is 11.8 Å². The van der Waals surface area contributed by atoms with Gasteiger partial charge in [0.15, 0.2) is 0 Å². The zero-order chi connectivity index (χ0) is 15.1. The second-order valence-corrected chi connectivity index (χ2v) is 6.32. The summed E-state index contributed by atoms with van der Waals surface area (Å²) in [5.41, 5.74) is 7.57. The third-order valence-corrected chi connectivity index (χ3v) is 4.60. The molecule has 0 heterocycles. The summed E-state index contributed by atoms with van der Waals surface area (Å²) in [4.78, 5) is 12.2. The molecule has 3 nitrogen and oxygen atoms in total. The summed E-state index contributed by atoms with van der Waals surface area (Å²) in [7, 11) is 0. The monoisotopic (exact) mass is 288 g/mol. The first kappa shape index (κ1) is 15.9. The molecular weight excluding hydrogens is 260 g/mol. The van der Waals surface area contributed by atoms with Crippen molar-refractivity contribution in [1.29, 1.82) is 0 Å². The third kappa shape index (κ3) is 5.07. The van der Waals surface area contributed by atoms with Crippen molar-refractivity contribution in [3.63, 3.8) is 0 Å². The first-order valence-corrected chi connectivity index (χ1v) is 8.31. The quantitative estimate of drug-likeness (QED) is 0.780. The standard InChI is InChI=1S/C18H28N2O/c1-2-3-5-14-8-10-16(11-9-14)18(21)20-13-15-6-4-7-17(19)12-15/h4,6-7,12,14,16H,2-3,5,8-11,13,19H2,1H3,(H,20,21). The number of nitrogens with two attached hydrogens (primary N) is 1. The van der Waals surface area contributed by atoms with Gasteiger partial charge in [0.05, 0.1) is 0 Å². The van der Waals surface area contributed by atoms with Gasteiger partial charge in [-0.25, -0.2) is 0 Å². The van der Waals surface area contributed by atoms with Gasteiger partial charge in [0.1, 0.15) is 0 Å². The topological polar surface area (TPSA) is 55.1 Å². The lowest BCUT2D eigenvalue weighted by molar-refractivity contribution is -0.126. The summed E-state index contributed by atoms with van der Waals surface area (Å²) < 4.78 is 0. The van der Waals surface area contributed by atoms with Gasteiger partial charge >= 0.3 is 0 Å². The Morgan fingerprint density at radius 1 is 1.29 bits per heavy atom. The van der Waals surface area contributed by atoms with Crippen LogP contribution in [0.4, 0.5) is 5.69 Å². The van der Waals surface area contributed by atoms with E-state index in [1.807, 2.05) is 24.3 Å². The van der Waals surface area contributed by atoms with E-state index in [2.05, 4.69) is 12.2 Å². The van der Waals surface area contributed by atoms with E-state index in [1.165, 1.54) is 32.1 Å². The lowest BCUT2D eigenvalue weighted by Crippen LogP contribution is -2.32. The van der Waals surface area contributed by atoms with Gasteiger partial charge in [0, 0.05) is 18.2 Å². The fourth-order valence-electron chi connectivity index (χ4n) is 3.24. The molecule has 21 heavy (non-hydrogen) atoms. The van der Waals surface area contributed by atoms with Crippen molar-refractivity contribution in [3.05, 3.63) is 29.8 Å². The first-order chi connectivity index (χ1) is 10.2. The zero-order valence-electron chi connectivity index (χ0n) is 13.1. The highest BCUT2D eigenvalue weighted by atomic mass is 16.1. The smallest absolute Gasteiger partial charge is 0.223 e. The first-order valence-electron chi connectivity index (χ1n) is 8.31. The van der Waals surface area contributed by atoms with Crippen molar-refractivity contribution >= 4 is 11.6 Å². The molecule has 3 heteroatoms. The minimum absolute atomic E-state index is 0.212. The Balaban J connectivity index is 1.72. The highest BCUT2D eigenvalue weighted by molar-refractivity contribution is 5.78. The summed E-state index contributed by atoms with van der Waals surface area (Å²) in [6.07, 6.45) is 8.49. The van der Waals surface area contributed by atoms with Crippen LogP contribution in [0.2, 0.25) is 0 Å². The van der Waals surface area contributed by atoms with Crippen molar-refractivity contribution in [1.82, 2.24) is 5.32 Å². The summed E-state index contributed by atoms with van der Waals surface area (Å²) in [5.74, 6) is 1.28. The number of carbonyl (C=O) groups is 1. The van der Waals surface area contributed by atoms with Gasteiger partial charge in [-0.1, -0.05) is 38.3 Å². The Morgan fingerprint density at radius 2 is 2.05 bits per heavy atom. The Kier molecular flexibility index (Phi) is 6.09. The lowest BCUT2D eigenvalue weighted by Gasteiger charge is -2.27. The van der Waals surface area contributed by atoms with Crippen LogP contribution in [0.25, 0.3) is 0 Å². The highest BCUT2D eigenvalue weighted by Crippen LogP contribution is 2.31. The molecule has 116 valence electrons. The third-order valence-electron chi connectivity index (χ3n) is 4.60. The van der Waals surface area contributed by atoms with E-state index in [4.69, 9.17) is 5.73 Å². The van der Waals surface area contributed by atoms with Crippen LogP contribution in [0.1, 0.15) is 57.4 Å². The normalized spacial score (nSPS) is 22.0. The molecule has 2 rings (SSSR count). The van der Waals surface area contributed by atoms with Crippen molar-refractivity contribution in [3.8, 4) is 0 Å². The molecule has 0 aromatic heterocycles. The Bertz CT molecular complexity index is 450. The number of nitrogens with one attached hydrogen (secondary N) is 1. The average molecular weight is 288 g/mol. The highest BCUT2D eigenvalue weighted by Gasteiger charge is 2.25. The number of rotatable bonds is 6. The van der Waals surface area contributed by atoms with E-state index in [9.17, 15) is 4.79 Å². The number of benzene rings is 1. The molecule has 3 N–H and O–H groups in total. The van der Waals surface area contributed by atoms with E-state index in [0.717, 1.165) is 30.0 Å². The van der Waals surface area contributed by atoms with Crippen LogP contribution in [0.5, 0.6) is 0 Å². The molecular formula is C18H28N2O. The number of anilines is 1. The van der Waals surface area contributed by atoms with Gasteiger partial charge < -0.3 is 11.1 Å². The fraction of sp³-hybridized carbons (Fsp3) is 0.611. The van der Waals surface area contributed by atoms with Crippen LogP contribution in [-0.4, -0.2) is 5.91 Å². The molecule has 1 fully saturated rings. The maximum Gasteiger partial charge on any atom is 0.223 e. The molecule has 1 aromatic rings. The zero-order valence-corrected chi connectivity index (χ0v) is 13.1. The molecule has 0 radical (unpaired) electrons. The minimum Gasteiger partial charge on any atom is -0.399 e. The second-order valence-electron chi connectivity index (χ2n) is 6.32.